The van der Waals surface area contributed by atoms with Crippen molar-refractivity contribution in [3.63, 3.8) is 0 Å². The number of fused-ring (bicyclic) bond motifs is 1. The molecule has 0 saturated carbocycles. The Hall–Kier alpha value is -2.16. The first-order chi connectivity index (χ1) is 14.0. The number of halogens is 1. The molecule has 0 aliphatic carbocycles. The number of carbonyl (C=O) groups excluding carboxylic acids is 2. The first-order valence-electron chi connectivity index (χ1n) is 9.15. The van der Waals surface area contributed by atoms with Gasteiger partial charge in [0.1, 0.15) is 0 Å². The van der Waals surface area contributed by atoms with Crippen molar-refractivity contribution < 1.29 is 9.59 Å². The Kier molecular flexibility index (Phi) is 7.46. The standard InChI is InChI=1S/C20H20ClN3O3S2/c21-17-10-9-16(29-17)15(25)12-28-20-23-14-7-4-3-6-13(14)19(27)24(20)11-5-1-2-8-18(22)26/h3-4,6-7,9-10H,1-2,5,8,11-12H2,(H2,22,26). The molecule has 3 aromatic rings. The number of amides is 1. The van der Waals surface area contributed by atoms with E-state index in [9.17, 15) is 14.4 Å². The summed E-state index contributed by atoms with van der Waals surface area (Å²) >= 11 is 8.40. The smallest absolute Gasteiger partial charge is 0.262 e. The van der Waals surface area contributed by atoms with Gasteiger partial charge in [-0.3, -0.25) is 19.0 Å². The fourth-order valence-electron chi connectivity index (χ4n) is 2.87. The third-order valence-electron chi connectivity index (χ3n) is 4.31. The lowest BCUT2D eigenvalue weighted by atomic mass is 10.2. The summed E-state index contributed by atoms with van der Waals surface area (Å²) in [6.07, 6.45) is 2.52. The molecule has 3 rings (SSSR count). The van der Waals surface area contributed by atoms with Gasteiger partial charge >= 0.3 is 0 Å². The van der Waals surface area contributed by atoms with Gasteiger partial charge in [0.05, 0.1) is 25.9 Å². The highest BCUT2D eigenvalue weighted by atomic mass is 35.5. The van der Waals surface area contributed by atoms with Gasteiger partial charge in [-0.1, -0.05) is 41.9 Å². The quantitative estimate of drug-likeness (QED) is 0.217. The molecule has 0 spiro atoms. The first kappa shape index (κ1) is 21.5. The van der Waals surface area contributed by atoms with Gasteiger partial charge in [0.25, 0.3) is 5.56 Å². The molecule has 0 aliphatic rings. The lowest BCUT2D eigenvalue weighted by molar-refractivity contribution is -0.118. The molecule has 2 N–H and O–H groups in total. The zero-order valence-corrected chi connectivity index (χ0v) is 18.0. The number of carbonyl (C=O) groups is 2. The van der Waals surface area contributed by atoms with Gasteiger partial charge in [-0.15, -0.1) is 11.3 Å². The van der Waals surface area contributed by atoms with Crippen molar-refractivity contribution in [2.45, 2.75) is 37.4 Å². The number of Topliss-reactive ketones (excluding diaryl/α,β-unsaturated/α-hetero) is 1. The number of thioether (sulfide) groups is 1. The van der Waals surface area contributed by atoms with Gasteiger partial charge in [-0.2, -0.15) is 0 Å². The fourth-order valence-corrected chi connectivity index (χ4v) is 4.85. The molecule has 1 aromatic carbocycles. The highest BCUT2D eigenvalue weighted by Gasteiger charge is 2.15. The molecule has 1 amide bonds. The number of aromatic nitrogens is 2. The summed E-state index contributed by atoms with van der Waals surface area (Å²) in [5.74, 6) is -0.205. The van der Waals surface area contributed by atoms with Crippen molar-refractivity contribution in [1.29, 1.82) is 0 Å². The largest absolute Gasteiger partial charge is 0.370 e. The Morgan fingerprint density at radius 1 is 1.14 bits per heavy atom. The summed E-state index contributed by atoms with van der Waals surface area (Å²) in [5.41, 5.74) is 5.65. The van der Waals surface area contributed by atoms with Gasteiger partial charge in [0.2, 0.25) is 5.91 Å². The highest BCUT2D eigenvalue weighted by molar-refractivity contribution is 7.99. The van der Waals surface area contributed by atoms with Crippen molar-refractivity contribution in [2.75, 3.05) is 5.75 Å². The molecule has 9 heteroatoms. The molecule has 0 atom stereocenters. The second-order valence-electron chi connectivity index (χ2n) is 6.46. The Labute approximate surface area is 181 Å². The zero-order chi connectivity index (χ0) is 20.8. The molecule has 0 unspecified atom stereocenters. The summed E-state index contributed by atoms with van der Waals surface area (Å²) in [4.78, 5) is 41.5. The molecule has 0 saturated heterocycles. The van der Waals surface area contributed by atoms with Gasteiger partial charge in [0.15, 0.2) is 10.9 Å². The third-order valence-corrected chi connectivity index (χ3v) is 6.56. The summed E-state index contributed by atoms with van der Waals surface area (Å²) in [6.45, 7) is 0.469. The third kappa shape index (κ3) is 5.68. The Balaban J connectivity index is 1.79. The minimum atomic E-state index is -0.321. The van der Waals surface area contributed by atoms with E-state index in [1.807, 2.05) is 6.07 Å². The number of nitrogens with two attached hydrogens (primary N) is 1. The van der Waals surface area contributed by atoms with Crippen LogP contribution in [0.15, 0.2) is 46.3 Å². The summed E-state index contributed by atoms with van der Waals surface area (Å²) in [6, 6.07) is 10.6. The van der Waals surface area contributed by atoms with E-state index < -0.39 is 0 Å². The monoisotopic (exact) mass is 449 g/mol. The lowest BCUT2D eigenvalue weighted by Gasteiger charge is -2.12. The van der Waals surface area contributed by atoms with Gasteiger partial charge in [-0.25, -0.2) is 4.98 Å². The zero-order valence-electron chi connectivity index (χ0n) is 15.6. The van der Waals surface area contributed by atoms with E-state index in [2.05, 4.69) is 4.98 Å². The Morgan fingerprint density at radius 2 is 1.93 bits per heavy atom. The second-order valence-corrected chi connectivity index (χ2v) is 9.12. The molecule has 0 fully saturated rings. The van der Waals surface area contributed by atoms with Crippen LogP contribution in [0.3, 0.4) is 0 Å². The molecule has 0 radical (unpaired) electrons. The summed E-state index contributed by atoms with van der Waals surface area (Å²) in [5, 5.41) is 1.06. The van der Waals surface area contributed by atoms with Crippen LogP contribution in [0.1, 0.15) is 35.4 Å². The van der Waals surface area contributed by atoms with E-state index in [1.165, 1.54) is 23.1 Å². The number of nitrogens with zero attached hydrogens (tertiary/aromatic N) is 2. The number of benzene rings is 1. The van der Waals surface area contributed by atoms with E-state index in [0.717, 1.165) is 12.8 Å². The summed E-state index contributed by atoms with van der Waals surface area (Å²) in [7, 11) is 0. The van der Waals surface area contributed by atoms with Crippen LogP contribution < -0.4 is 11.3 Å². The second kappa shape index (κ2) is 10.0. The predicted octanol–water partition coefficient (Wildman–Crippen LogP) is 4.13. The maximum absolute atomic E-state index is 13.0. The van der Waals surface area contributed by atoms with Crippen LogP contribution in [-0.2, 0) is 11.3 Å². The maximum atomic E-state index is 13.0. The van der Waals surface area contributed by atoms with Crippen molar-refractivity contribution >= 4 is 57.3 Å². The molecule has 29 heavy (non-hydrogen) atoms. The highest BCUT2D eigenvalue weighted by Crippen LogP contribution is 2.25. The Bertz CT molecular complexity index is 1090. The molecular formula is C20H20ClN3O3S2. The average molecular weight is 450 g/mol. The summed E-state index contributed by atoms with van der Waals surface area (Å²) < 4.78 is 2.18. The fraction of sp³-hybridized carbons (Fsp3) is 0.300. The van der Waals surface area contributed by atoms with Crippen molar-refractivity contribution in [1.82, 2.24) is 9.55 Å². The van der Waals surface area contributed by atoms with E-state index in [0.29, 0.717) is 44.7 Å². The first-order valence-corrected chi connectivity index (χ1v) is 11.3. The predicted molar refractivity (Wildman–Crippen MR) is 118 cm³/mol. The molecule has 0 aliphatic heterocycles. The number of hydrogen-bond donors (Lipinski definition) is 1. The SMILES string of the molecule is NC(=O)CCCCCn1c(SCC(=O)c2ccc(Cl)s2)nc2ccccc2c1=O. The van der Waals surface area contributed by atoms with Crippen LogP contribution >= 0.6 is 34.7 Å². The minimum absolute atomic E-state index is 0.0534. The van der Waals surface area contributed by atoms with Gasteiger partial charge < -0.3 is 5.73 Å². The van der Waals surface area contributed by atoms with E-state index in [-0.39, 0.29) is 23.0 Å². The molecule has 6 nitrogen and oxygen atoms in total. The Morgan fingerprint density at radius 3 is 2.66 bits per heavy atom. The van der Waals surface area contributed by atoms with Crippen molar-refractivity contribution in [3.05, 3.63) is 56.0 Å². The average Bonchev–Trinajstić information content (AvgIpc) is 3.14. The maximum Gasteiger partial charge on any atom is 0.262 e. The molecular weight excluding hydrogens is 430 g/mol. The van der Waals surface area contributed by atoms with Crippen LogP contribution in [0, 0.1) is 0 Å². The number of hydrogen-bond acceptors (Lipinski definition) is 6. The van der Waals surface area contributed by atoms with Crippen LogP contribution in [-0.4, -0.2) is 27.0 Å². The number of unbranched alkanes of at least 4 members (excludes halogenated alkanes) is 2. The van der Waals surface area contributed by atoms with Crippen molar-refractivity contribution in [3.8, 4) is 0 Å². The molecule has 2 aromatic heterocycles. The molecule has 2 heterocycles. The number of ketones is 1. The van der Waals surface area contributed by atoms with Crippen LogP contribution in [0.4, 0.5) is 0 Å². The van der Waals surface area contributed by atoms with E-state index in [4.69, 9.17) is 17.3 Å². The van der Waals surface area contributed by atoms with E-state index in [1.54, 1.807) is 34.9 Å². The molecule has 0 bridgehead atoms. The minimum Gasteiger partial charge on any atom is -0.370 e. The van der Waals surface area contributed by atoms with Crippen molar-refractivity contribution in [2.24, 2.45) is 5.73 Å². The number of thiophene rings is 1. The molecule has 152 valence electrons. The number of primary amides is 1. The van der Waals surface area contributed by atoms with Crippen LogP contribution in [0.25, 0.3) is 10.9 Å². The van der Waals surface area contributed by atoms with E-state index >= 15 is 0 Å². The number of rotatable bonds is 10. The van der Waals surface area contributed by atoms with Gasteiger partial charge in [-0.05, 0) is 37.1 Å². The topological polar surface area (TPSA) is 95.1 Å². The van der Waals surface area contributed by atoms with Gasteiger partial charge in [0, 0.05) is 13.0 Å². The van der Waals surface area contributed by atoms with Crippen LogP contribution in [0.5, 0.6) is 0 Å². The normalized spacial score (nSPS) is 11.1. The lowest BCUT2D eigenvalue weighted by Crippen LogP contribution is -2.24. The number of para-hydroxylation sites is 1. The van der Waals surface area contributed by atoms with Crippen LogP contribution in [0.2, 0.25) is 4.34 Å².